The Hall–Kier alpha value is -3.33. The van der Waals surface area contributed by atoms with Gasteiger partial charge in [0.1, 0.15) is 0 Å². The molecule has 0 saturated heterocycles. The van der Waals surface area contributed by atoms with E-state index < -0.39 is 0 Å². The summed E-state index contributed by atoms with van der Waals surface area (Å²) in [5.74, 6) is 0.303. The Morgan fingerprint density at radius 1 is 1.31 bits per heavy atom. The molecule has 0 radical (unpaired) electrons. The van der Waals surface area contributed by atoms with Crippen LogP contribution in [0, 0.1) is 0 Å². The highest BCUT2D eigenvalue weighted by Gasteiger charge is 2.14. The monoisotopic (exact) mass is 367 g/mol. The van der Waals surface area contributed by atoms with Crippen LogP contribution in [0.15, 0.2) is 51.2 Å². The number of aromatic amines is 1. The molecule has 0 fully saturated rings. The number of H-pyrrole nitrogens is 1. The second-order valence-electron chi connectivity index (χ2n) is 5.50. The van der Waals surface area contributed by atoms with E-state index in [1.165, 1.54) is 11.3 Å². The molecule has 0 spiro atoms. The molecule has 0 aliphatic carbocycles. The van der Waals surface area contributed by atoms with Crippen molar-refractivity contribution < 1.29 is 9.32 Å². The van der Waals surface area contributed by atoms with Gasteiger partial charge in [0.2, 0.25) is 17.6 Å². The molecule has 2 N–H and O–H groups in total. The predicted molar refractivity (Wildman–Crippen MR) is 96.9 cm³/mol. The summed E-state index contributed by atoms with van der Waals surface area (Å²) >= 11 is 1.34. The smallest absolute Gasteiger partial charge is 0.259 e. The molecule has 0 unspecified atom stereocenters. The highest BCUT2D eigenvalue weighted by Crippen LogP contribution is 2.17. The second kappa shape index (κ2) is 6.89. The number of hydrogen-bond donors (Lipinski definition) is 2. The van der Waals surface area contributed by atoms with Crippen LogP contribution in [0.5, 0.6) is 0 Å². The molecule has 9 heteroatoms. The van der Waals surface area contributed by atoms with E-state index in [4.69, 9.17) is 4.52 Å². The van der Waals surface area contributed by atoms with Gasteiger partial charge in [-0.25, -0.2) is 4.98 Å². The second-order valence-corrected chi connectivity index (χ2v) is 6.39. The van der Waals surface area contributed by atoms with E-state index in [-0.39, 0.29) is 30.1 Å². The van der Waals surface area contributed by atoms with Gasteiger partial charge in [-0.15, -0.1) is 11.3 Å². The van der Waals surface area contributed by atoms with E-state index in [9.17, 15) is 9.59 Å². The SMILES string of the molecule is O=C(CCc1nc(-c2cc3ccccc3[nH]c2=O)no1)Nc1nccs1. The zero-order chi connectivity index (χ0) is 17.9. The number of aryl methyl sites for hydroxylation is 1. The first-order valence-electron chi connectivity index (χ1n) is 7.83. The Balaban J connectivity index is 1.48. The maximum absolute atomic E-state index is 12.2. The topological polar surface area (TPSA) is 114 Å². The van der Waals surface area contributed by atoms with Crippen LogP contribution in [-0.2, 0) is 11.2 Å². The molecule has 0 bridgehead atoms. The van der Waals surface area contributed by atoms with E-state index in [1.807, 2.05) is 24.3 Å². The normalized spacial score (nSPS) is 10.9. The molecule has 3 aromatic heterocycles. The molecule has 0 atom stereocenters. The highest BCUT2D eigenvalue weighted by molar-refractivity contribution is 7.13. The number of amides is 1. The molecular weight excluding hydrogens is 354 g/mol. The maximum Gasteiger partial charge on any atom is 0.259 e. The number of fused-ring (bicyclic) bond motifs is 1. The molecule has 0 aliphatic heterocycles. The number of thiazole rings is 1. The zero-order valence-corrected chi connectivity index (χ0v) is 14.2. The predicted octanol–water partition coefficient (Wildman–Crippen LogP) is 2.61. The summed E-state index contributed by atoms with van der Waals surface area (Å²) in [6.07, 6.45) is 2.07. The fraction of sp³-hybridized carbons (Fsp3) is 0.118. The molecule has 3 heterocycles. The summed E-state index contributed by atoms with van der Waals surface area (Å²) in [6, 6.07) is 9.16. The van der Waals surface area contributed by atoms with Crippen LogP contribution in [0.25, 0.3) is 22.3 Å². The fourth-order valence-corrected chi connectivity index (χ4v) is 3.01. The maximum atomic E-state index is 12.2. The molecule has 4 aromatic rings. The van der Waals surface area contributed by atoms with Crippen LogP contribution in [0.4, 0.5) is 5.13 Å². The number of anilines is 1. The Bertz CT molecular complexity index is 1120. The third kappa shape index (κ3) is 3.38. The number of nitrogens with one attached hydrogen (secondary N) is 2. The van der Waals surface area contributed by atoms with Crippen molar-refractivity contribution in [1.29, 1.82) is 0 Å². The zero-order valence-electron chi connectivity index (χ0n) is 13.4. The van der Waals surface area contributed by atoms with Gasteiger partial charge in [-0.1, -0.05) is 23.4 Å². The first-order valence-corrected chi connectivity index (χ1v) is 8.71. The lowest BCUT2D eigenvalue weighted by Crippen LogP contribution is -2.12. The molecule has 1 amide bonds. The molecule has 8 nitrogen and oxygen atoms in total. The van der Waals surface area contributed by atoms with Gasteiger partial charge >= 0.3 is 0 Å². The molecule has 0 aliphatic rings. The lowest BCUT2D eigenvalue weighted by Gasteiger charge is -1.99. The van der Waals surface area contributed by atoms with E-state index >= 15 is 0 Å². The van der Waals surface area contributed by atoms with E-state index in [0.29, 0.717) is 16.6 Å². The molecule has 26 heavy (non-hydrogen) atoms. The van der Waals surface area contributed by atoms with Gasteiger partial charge in [0.05, 0.1) is 5.56 Å². The molecular formula is C17H13N5O3S. The highest BCUT2D eigenvalue weighted by atomic mass is 32.1. The summed E-state index contributed by atoms with van der Waals surface area (Å²) in [6.45, 7) is 0. The van der Waals surface area contributed by atoms with Crippen molar-refractivity contribution in [3.63, 3.8) is 0 Å². The van der Waals surface area contributed by atoms with Crippen molar-refractivity contribution >= 4 is 33.3 Å². The van der Waals surface area contributed by atoms with Crippen molar-refractivity contribution in [3.8, 4) is 11.4 Å². The van der Waals surface area contributed by atoms with E-state index in [0.717, 1.165) is 10.9 Å². The molecule has 0 saturated carbocycles. The minimum atomic E-state index is -0.294. The van der Waals surface area contributed by atoms with Gasteiger partial charge in [-0.05, 0) is 17.5 Å². The first-order chi connectivity index (χ1) is 12.7. The number of carbonyl (C=O) groups is 1. The summed E-state index contributed by atoms with van der Waals surface area (Å²) in [5, 5.41) is 9.74. The number of carbonyl (C=O) groups excluding carboxylic acids is 1. The molecule has 4 rings (SSSR count). The Morgan fingerprint density at radius 3 is 3.04 bits per heavy atom. The number of aromatic nitrogens is 4. The number of nitrogens with zero attached hydrogens (tertiary/aromatic N) is 3. The Labute approximate surface area is 150 Å². The lowest BCUT2D eigenvalue weighted by atomic mass is 10.1. The Morgan fingerprint density at radius 2 is 2.19 bits per heavy atom. The van der Waals surface area contributed by atoms with Gasteiger partial charge < -0.3 is 14.8 Å². The third-order valence-corrected chi connectivity index (χ3v) is 4.40. The van der Waals surface area contributed by atoms with Crippen LogP contribution < -0.4 is 10.9 Å². The first kappa shape index (κ1) is 16.2. The third-order valence-electron chi connectivity index (χ3n) is 3.71. The summed E-state index contributed by atoms with van der Waals surface area (Å²) in [4.78, 5) is 35.1. The fourth-order valence-electron chi connectivity index (χ4n) is 2.47. The quantitative estimate of drug-likeness (QED) is 0.560. The molecule has 1 aromatic carbocycles. The van der Waals surface area contributed by atoms with Gasteiger partial charge in [0, 0.05) is 29.9 Å². The van der Waals surface area contributed by atoms with Crippen LogP contribution >= 0.6 is 11.3 Å². The van der Waals surface area contributed by atoms with Gasteiger partial charge in [0.25, 0.3) is 5.56 Å². The standard InChI is InChI=1S/C17H13N5O3S/c23-13(20-17-18-7-8-26-17)5-6-14-21-15(22-25-14)11-9-10-3-1-2-4-12(10)19-16(11)24/h1-4,7-9H,5-6H2,(H,19,24)(H,18,20,23). The number of pyridine rings is 1. The lowest BCUT2D eigenvalue weighted by molar-refractivity contribution is -0.116. The summed E-state index contributed by atoms with van der Waals surface area (Å²) < 4.78 is 5.16. The van der Waals surface area contributed by atoms with Crippen molar-refractivity contribution in [2.24, 2.45) is 0 Å². The van der Waals surface area contributed by atoms with E-state index in [1.54, 1.807) is 17.6 Å². The summed E-state index contributed by atoms with van der Waals surface area (Å²) in [7, 11) is 0. The minimum Gasteiger partial charge on any atom is -0.339 e. The summed E-state index contributed by atoms with van der Waals surface area (Å²) in [5.41, 5.74) is 0.771. The average molecular weight is 367 g/mol. The van der Waals surface area contributed by atoms with Crippen LogP contribution in [0.2, 0.25) is 0 Å². The van der Waals surface area contributed by atoms with Crippen molar-refractivity contribution in [1.82, 2.24) is 20.1 Å². The van der Waals surface area contributed by atoms with Crippen molar-refractivity contribution in [2.75, 3.05) is 5.32 Å². The number of para-hydroxylation sites is 1. The van der Waals surface area contributed by atoms with Crippen LogP contribution in [0.1, 0.15) is 12.3 Å². The Kier molecular flexibility index (Phi) is 4.28. The van der Waals surface area contributed by atoms with Gasteiger partial charge in [-0.3, -0.25) is 9.59 Å². The minimum absolute atomic E-state index is 0.176. The van der Waals surface area contributed by atoms with Crippen LogP contribution in [0.3, 0.4) is 0 Å². The number of rotatable bonds is 5. The van der Waals surface area contributed by atoms with Gasteiger partial charge in [-0.2, -0.15) is 4.98 Å². The van der Waals surface area contributed by atoms with Crippen LogP contribution in [-0.4, -0.2) is 26.0 Å². The number of hydrogen-bond acceptors (Lipinski definition) is 7. The van der Waals surface area contributed by atoms with E-state index in [2.05, 4.69) is 25.4 Å². The average Bonchev–Trinajstić information content (AvgIpc) is 3.31. The number of benzene rings is 1. The van der Waals surface area contributed by atoms with Crippen molar-refractivity contribution in [2.45, 2.75) is 12.8 Å². The van der Waals surface area contributed by atoms with Gasteiger partial charge in [0.15, 0.2) is 5.13 Å². The van der Waals surface area contributed by atoms with Crippen molar-refractivity contribution in [3.05, 3.63) is 58.2 Å². The molecule has 130 valence electrons. The largest absolute Gasteiger partial charge is 0.339 e.